The Kier molecular flexibility index (Phi) is 13.4. The number of anilines is 2. The number of urea groups is 1. The number of carbonyl (C=O) groups is 2. The maximum absolute atomic E-state index is 13.5. The van der Waals surface area contributed by atoms with Gasteiger partial charge in [-0.2, -0.15) is 0 Å². The molecule has 13 heteroatoms. The number of benzene rings is 4. The summed E-state index contributed by atoms with van der Waals surface area (Å²) in [4.78, 5) is 33.5. The molecule has 1 saturated heterocycles. The third kappa shape index (κ3) is 10.9. The van der Waals surface area contributed by atoms with Gasteiger partial charge in [-0.05, 0) is 59.0 Å². The van der Waals surface area contributed by atoms with Crippen LogP contribution in [0.3, 0.4) is 0 Å². The van der Waals surface area contributed by atoms with Crippen molar-refractivity contribution in [2.24, 2.45) is 0 Å². The van der Waals surface area contributed by atoms with E-state index in [1.165, 1.54) is 0 Å². The van der Waals surface area contributed by atoms with Crippen molar-refractivity contribution in [3.05, 3.63) is 113 Å². The van der Waals surface area contributed by atoms with E-state index < -0.39 is 16.8 Å². The first-order valence-electron chi connectivity index (χ1n) is 18.9. The van der Waals surface area contributed by atoms with Crippen LogP contribution in [-0.2, 0) is 33.1 Å². The van der Waals surface area contributed by atoms with Crippen LogP contribution in [0.15, 0.2) is 85.1 Å². The first kappa shape index (κ1) is 41.1. The van der Waals surface area contributed by atoms with Crippen LogP contribution >= 0.6 is 0 Å². The van der Waals surface area contributed by atoms with Gasteiger partial charge in [-0.15, -0.1) is 0 Å². The monoisotopic (exact) mass is 793 g/mol. The number of nitrogens with zero attached hydrogens (tertiary/aromatic N) is 2. The summed E-state index contributed by atoms with van der Waals surface area (Å²) in [6, 6.07) is 23.9. The standard InChI is InChI=1S/C44H51N5O7S/c1-44(2,3)32-24-31(28-57(6)52)41(54-5)39(26-32)48-43(51)47-38-11-12-40(37-10-8-7-9-36(37)38)56-34-13-14-45-33(27-34)22-29-21-30(25-35(23-29)53-4)42(50)46-15-16-49-17-19-55-20-18-49/h7-14,21,23-27H,15-20,22,28H2,1-6H3,(H,46,50)(H2,47,48,51). The van der Waals surface area contributed by atoms with E-state index in [0.29, 0.717) is 71.9 Å². The molecule has 3 N–H and O–H groups in total. The van der Waals surface area contributed by atoms with Crippen molar-refractivity contribution in [3.8, 4) is 23.0 Å². The van der Waals surface area contributed by atoms with Gasteiger partial charge in [0.25, 0.3) is 5.91 Å². The molecular formula is C44H51N5O7S. The summed E-state index contributed by atoms with van der Waals surface area (Å²) >= 11 is 0. The summed E-state index contributed by atoms with van der Waals surface area (Å²) in [6.07, 6.45) is 3.78. The fourth-order valence-electron chi connectivity index (χ4n) is 6.75. The fourth-order valence-corrected chi connectivity index (χ4v) is 7.40. The molecule has 6 rings (SSSR count). The lowest BCUT2D eigenvalue weighted by atomic mass is 9.85. The number of aromatic nitrogens is 1. The Hall–Kier alpha value is -5.50. The van der Waals surface area contributed by atoms with Crippen molar-refractivity contribution in [1.82, 2.24) is 15.2 Å². The van der Waals surface area contributed by atoms with Crippen molar-refractivity contribution >= 4 is 44.9 Å². The van der Waals surface area contributed by atoms with Gasteiger partial charge in [0.05, 0.1) is 44.6 Å². The molecule has 12 nitrogen and oxygen atoms in total. The minimum atomic E-state index is -1.11. The van der Waals surface area contributed by atoms with E-state index in [0.717, 1.165) is 52.8 Å². The summed E-state index contributed by atoms with van der Waals surface area (Å²) in [5.41, 5.74) is 4.75. The van der Waals surface area contributed by atoms with Crippen molar-refractivity contribution in [2.75, 3.05) is 70.5 Å². The Morgan fingerprint density at radius 1 is 0.877 bits per heavy atom. The van der Waals surface area contributed by atoms with E-state index in [-0.39, 0.29) is 11.3 Å². The number of hydrogen-bond donors (Lipinski definition) is 3. The lowest BCUT2D eigenvalue weighted by molar-refractivity contribution is 0.0383. The van der Waals surface area contributed by atoms with Crippen LogP contribution in [0.25, 0.3) is 10.8 Å². The minimum absolute atomic E-state index is 0.162. The third-order valence-corrected chi connectivity index (χ3v) is 10.4. The molecule has 1 aliphatic rings. The molecule has 0 saturated carbocycles. The smallest absolute Gasteiger partial charge is 0.323 e. The second kappa shape index (κ2) is 18.6. The van der Waals surface area contributed by atoms with Gasteiger partial charge in [-0.3, -0.25) is 18.9 Å². The first-order chi connectivity index (χ1) is 27.4. The van der Waals surface area contributed by atoms with E-state index in [4.69, 9.17) is 18.9 Å². The summed E-state index contributed by atoms with van der Waals surface area (Å²) in [5.74, 6) is 2.38. The van der Waals surface area contributed by atoms with Gasteiger partial charge in [-0.25, -0.2) is 4.79 Å². The van der Waals surface area contributed by atoms with Crippen LogP contribution in [0.1, 0.15) is 53.5 Å². The predicted molar refractivity (Wildman–Crippen MR) is 226 cm³/mol. The van der Waals surface area contributed by atoms with Crippen LogP contribution in [0.5, 0.6) is 23.0 Å². The number of fused-ring (bicyclic) bond motifs is 1. The number of hydrogen-bond acceptors (Lipinski definition) is 9. The van der Waals surface area contributed by atoms with E-state index >= 15 is 0 Å². The largest absolute Gasteiger partial charge is 0.497 e. The fraction of sp³-hybridized carbons (Fsp3) is 0.341. The lowest BCUT2D eigenvalue weighted by Crippen LogP contribution is -2.41. The molecule has 3 amide bonds. The Morgan fingerprint density at radius 2 is 1.63 bits per heavy atom. The second-order valence-corrected chi connectivity index (χ2v) is 16.4. The highest BCUT2D eigenvalue weighted by atomic mass is 32.2. The molecule has 1 atom stereocenters. The van der Waals surface area contributed by atoms with Crippen molar-refractivity contribution < 1.29 is 32.7 Å². The molecule has 1 fully saturated rings. The Balaban J connectivity index is 1.16. The number of morpholine rings is 1. The van der Waals surface area contributed by atoms with Crippen LogP contribution in [0.4, 0.5) is 16.2 Å². The first-order valence-corrected chi connectivity index (χ1v) is 20.6. The molecular weight excluding hydrogens is 743 g/mol. The van der Waals surface area contributed by atoms with Gasteiger partial charge in [-0.1, -0.05) is 51.1 Å². The van der Waals surface area contributed by atoms with E-state index in [2.05, 4.69) is 46.6 Å². The summed E-state index contributed by atoms with van der Waals surface area (Å²) < 4.78 is 35.3. The van der Waals surface area contributed by atoms with Crippen molar-refractivity contribution in [1.29, 1.82) is 0 Å². The van der Waals surface area contributed by atoms with E-state index in [9.17, 15) is 13.8 Å². The zero-order valence-electron chi connectivity index (χ0n) is 33.4. The average Bonchev–Trinajstić information content (AvgIpc) is 3.18. The normalized spacial score (nSPS) is 13.8. The molecule has 1 aliphatic heterocycles. The van der Waals surface area contributed by atoms with Crippen molar-refractivity contribution in [3.63, 3.8) is 0 Å². The van der Waals surface area contributed by atoms with Crippen LogP contribution in [0.2, 0.25) is 0 Å². The minimum Gasteiger partial charge on any atom is -0.497 e. The lowest BCUT2D eigenvalue weighted by Gasteiger charge is -2.26. The highest BCUT2D eigenvalue weighted by Crippen LogP contribution is 2.38. The van der Waals surface area contributed by atoms with Crippen LogP contribution < -0.4 is 30.2 Å². The van der Waals surface area contributed by atoms with Gasteiger partial charge in [0.1, 0.15) is 23.0 Å². The van der Waals surface area contributed by atoms with Crippen LogP contribution in [-0.4, -0.2) is 85.9 Å². The molecule has 57 heavy (non-hydrogen) atoms. The summed E-state index contributed by atoms with van der Waals surface area (Å²) in [6.45, 7) is 10.7. The molecule has 4 aromatic carbocycles. The number of ether oxygens (including phenoxy) is 4. The van der Waals surface area contributed by atoms with Gasteiger partial charge < -0.3 is 34.9 Å². The Labute approximate surface area is 336 Å². The zero-order valence-corrected chi connectivity index (χ0v) is 34.2. The van der Waals surface area contributed by atoms with Crippen LogP contribution in [0, 0.1) is 0 Å². The van der Waals surface area contributed by atoms with Gasteiger partial charge in [0.2, 0.25) is 0 Å². The molecule has 5 aromatic rings. The molecule has 1 aromatic heterocycles. The number of nitrogens with one attached hydrogen (secondary N) is 3. The summed E-state index contributed by atoms with van der Waals surface area (Å²) in [5, 5.41) is 10.6. The number of amides is 3. The van der Waals surface area contributed by atoms with E-state index in [1.807, 2.05) is 60.7 Å². The Morgan fingerprint density at radius 3 is 2.35 bits per heavy atom. The Bertz CT molecular complexity index is 2250. The molecule has 0 aliphatic carbocycles. The maximum atomic E-state index is 13.5. The van der Waals surface area contributed by atoms with Gasteiger partial charge in [0.15, 0.2) is 0 Å². The molecule has 0 radical (unpaired) electrons. The molecule has 0 spiro atoms. The van der Waals surface area contributed by atoms with Gasteiger partial charge in [0, 0.05) is 89.5 Å². The number of carbonyl (C=O) groups excluding carboxylic acids is 2. The molecule has 1 unspecified atom stereocenters. The zero-order chi connectivity index (χ0) is 40.5. The van der Waals surface area contributed by atoms with Crippen molar-refractivity contribution in [2.45, 2.75) is 38.4 Å². The average molecular weight is 794 g/mol. The predicted octanol–water partition coefficient (Wildman–Crippen LogP) is 7.52. The SMILES string of the molecule is COc1cc(Cc2cc(Oc3ccc(NC(=O)Nc4cc(C(C)(C)C)cc(CS(C)=O)c4OC)c4ccccc34)ccn2)cc(C(=O)NCCN2CCOCC2)c1. The number of methoxy groups -OCH3 is 2. The maximum Gasteiger partial charge on any atom is 0.323 e. The third-order valence-electron chi connectivity index (χ3n) is 9.66. The number of rotatable bonds is 14. The highest BCUT2D eigenvalue weighted by Gasteiger charge is 2.22. The summed E-state index contributed by atoms with van der Waals surface area (Å²) in [7, 11) is 2.01. The van der Waals surface area contributed by atoms with E-state index in [1.54, 1.807) is 44.9 Å². The number of pyridine rings is 1. The second-order valence-electron chi connectivity index (χ2n) is 15.0. The topological polar surface area (TPSA) is 140 Å². The molecule has 300 valence electrons. The quantitative estimate of drug-likeness (QED) is 0.104. The van der Waals surface area contributed by atoms with Gasteiger partial charge >= 0.3 is 6.03 Å². The molecule has 2 heterocycles. The highest BCUT2D eigenvalue weighted by molar-refractivity contribution is 7.83. The molecule has 0 bridgehead atoms.